The number of nitrogens with zero attached hydrogens (tertiary/aromatic N) is 1. The molecule has 1 N–H and O–H groups in total. The minimum atomic E-state index is -4.72. The molecule has 1 rings (SSSR count). The Kier molecular flexibility index (Phi) is 4.65. The van der Waals surface area contributed by atoms with Gasteiger partial charge in [-0.2, -0.15) is 13.2 Å². The molecular weight excluding hydrogens is 302 g/mol. The van der Waals surface area contributed by atoms with E-state index < -0.39 is 34.8 Å². The van der Waals surface area contributed by atoms with Crippen LogP contribution in [0.15, 0.2) is 15.4 Å². The fourth-order valence-electron chi connectivity index (χ4n) is 1.20. The van der Waals surface area contributed by atoms with Gasteiger partial charge < -0.3 is 5.11 Å². The van der Waals surface area contributed by atoms with E-state index >= 15 is 0 Å². The highest BCUT2D eigenvalue weighted by atomic mass is 35.5. The van der Waals surface area contributed by atoms with Crippen molar-refractivity contribution in [2.75, 3.05) is 0 Å². The predicted octanol–water partition coefficient (Wildman–Crippen LogP) is 2.74. The van der Waals surface area contributed by atoms with Crippen LogP contribution in [-0.4, -0.2) is 9.67 Å². The molecule has 17 heavy (non-hydrogen) atoms. The largest absolute Gasteiger partial charge is 0.432 e. The molecule has 0 radical (unpaired) electrons. The first kappa shape index (κ1) is 14.6. The Balaban J connectivity index is 3.33. The Morgan fingerprint density at radius 3 is 2.47 bits per heavy atom. The predicted molar refractivity (Wildman–Crippen MR) is 59.3 cm³/mol. The lowest BCUT2D eigenvalue weighted by Crippen LogP contribution is -2.21. The van der Waals surface area contributed by atoms with E-state index in [4.69, 9.17) is 28.3 Å². The molecule has 0 spiro atoms. The zero-order chi connectivity index (χ0) is 13.2. The molecule has 0 atom stereocenters. The average molecular weight is 308 g/mol. The van der Waals surface area contributed by atoms with E-state index in [1.165, 1.54) is 0 Å². The van der Waals surface area contributed by atoms with Crippen LogP contribution in [0.5, 0.6) is 0 Å². The van der Waals surface area contributed by atoms with Gasteiger partial charge in [0, 0.05) is 6.54 Å². The zero-order valence-corrected chi connectivity index (χ0v) is 10.4. The van der Waals surface area contributed by atoms with E-state index in [-0.39, 0.29) is 4.49 Å². The third-order valence-electron chi connectivity index (χ3n) is 1.81. The highest BCUT2D eigenvalue weighted by Crippen LogP contribution is 2.33. The van der Waals surface area contributed by atoms with E-state index in [1.54, 1.807) is 0 Å². The summed E-state index contributed by atoms with van der Waals surface area (Å²) in [7, 11) is 0. The van der Waals surface area contributed by atoms with Crippen LogP contribution in [0.1, 0.15) is 10.6 Å². The highest BCUT2D eigenvalue weighted by molar-refractivity contribution is 7.09. The van der Waals surface area contributed by atoms with Crippen LogP contribution in [-0.2, 0) is 19.3 Å². The minimum Gasteiger partial charge on any atom is -0.391 e. The van der Waals surface area contributed by atoms with Gasteiger partial charge in [-0.3, -0.25) is 9.36 Å². The summed E-state index contributed by atoms with van der Waals surface area (Å²) in [5, 5.41) is 8.79. The van der Waals surface area contributed by atoms with Crippen LogP contribution in [0.4, 0.5) is 13.2 Å². The van der Waals surface area contributed by atoms with Gasteiger partial charge in [-0.05, 0) is 6.08 Å². The maximum absolute atomic E-state index is 12.7. The molecule has 9 heteroatoms. The summed E-state index contributed by atoms with van der Waals surface area (Å²) in [5.41, 5.74) is -1.17. The molecule has 0 saturated carbocycles. The summed E-state index contributed by atoms with van der Waals surface area (Å²) in [5.74, 6) is 0. The number of hydrogen-bond acceptors (Lipinski definition) is 3. The van der Waals surface area contributed by atoms with E-state index in [1.807, 2.05) is 0 Å². The number of hydrogen-bond donors (Lipinski definition) is 1. The van der Waals surface area contributed by atoms with Crippen molar-refractivity contribution in [2.45, 2.75) is 19.3 Å². The number of alkyl halides is 3. The van der Waals surface area contributed by atoms with Crippen LogP contribution >= 0.6 is 34.5 Å². The SMILES string of the molecule is O=c1sc(CO)c(C(F)(F)F)n1CC=C(Cl)Cl. The van der Waals surface area contributed by atoms with Crippen LogP contribution in [0, 0.1) is 0 Å². The summed E-state index contributed by atoms with van der Waals surface area (Å²) in [4.78, 5) is 10.1. The maximum Gasteiger partial charge on any atom is 0.432 e. The summed E-state index contributed by atoms with van der Waals surface area (Å²) in [6.45, 7) is -1.24. The van der Waals surface area contributed by atoms with Crippen molar-refractivity contribution >= 4 is 34.5 Å². The lowest BCUT2D eigenvalue weighted by Gasteiger charge is -2.10. The van der Waals surface area contributed by atoms with Gasteiger partial charge in [0.25, 0.3) is 0 Å². The van der Waals surface area contributed by atoms with E-state index in [0.717, 1.165) is 6.08 Å². The molecule has 1 heterocycles. The second-order valence-corrected chi connectivity index (χ2v) is 4.95. The van der Waals surface area contributed by atoms with E-state index in [9.17, 15) is 18.0 Å². The molecular formula is C8H6Cl2F3NO2S. The summed E-state index contributed by atoms with van der Waals surface area (Å²) in [6, 6.07) is 0. The lowest BCUT2D eigenvalue weighted by atomic mass is 10.3. The van der Waals surface area contributed by atoms with E-state index in [2.05, 4.69) is 0 Å². The summed E-state index contributed by atoms with van der Waals surface area (Å²) >= 11 is 10.9. The molecule has 0 aromatic carbocycles. The standard InChI is InChI=1S/C8H6Cl2F3NO2S/c9-5(10)1-2-14-6(8(11,12)13)4(3-15)17-7(14)16/h1,15H,2-3H2. The van der Waals surface area contributed by atoms with Crippen molar-refractivity contribution in [1.29, 1.82) is 0 Å². The Labute approximate surface area is 108 Å². The number of thiazole rings is 1. The highest BCUT2D eigenvalue weighted by Gasteiger charge is 2.38. The van der Waals surface area contributed by atoms with Gasteiger partial charge in [-0.1, -0.05) is 34.5 Å². The smallest absolute Gasteiger partial charge is 0.391 e. The molecule has 3 nitrogen and oxygen atoms in total. The molecule has 0 aliphatic heterocycles. The van der Waals surface area contributed by atoms with Gasteiger partial charge in [0.1, 0.15) is 10.2 Å². The summed E-state index contributed by atoms with van der Waals surface area (Å²) < 4.78 is 38.3. The Hall–Kier alpha value is -0.500. The fourth-order valence-corrected chi connectivity index (χ4v) is 2.21. The molecule has 0 unspecified atom stereocenters. The second-order valence-electron chi connectivity index (χ2n) is 2.90. The van der Waals surface area contributed by atoms with Gasteiger partial charge in [0.15, 0.2) is 0 Å². The third-order valence-corrected chi connectivity index (χ3v) is 3.08. The third kappa shape index (κ3) is 3.48. The lowest BCUT2D eigenvalue weighted by molar-refractivity contribution is -0.144. The number of aliphatic hydroxyl groups excluding tert-OH is 1. The van der Waals surface area contributed by atoms with Gasteiger partial charge >= 0.3 is 11.0 Å². The molecule has 0 aliphatic rings. The van der Waals surface area contributed by atoms with Crippen LogP contribution in [0.2, 0.25) is 0 Å². The first-order valence-corrected chi connectivity index (χ1v) is 5.76. The minimum absolute atomic E-state index is 0.234. The number of rotatable bonds is 3. The average Bonchev–Trinajstić information content (AvgIpc) is 2.51. The van der Waals surface area contributed by atoms with Crippen LogP contribution in [0.25, 0.3) is 0 Å². The number of aromatic nitrogens is 1. The van der Waals surface area contributed by atoms with Gasteiger partial charge in [0.2, 0.25) is 0 Å². The van der Waals surface area contributed by atoms with Gasteiger partial charge in [0.05, 0.1) is 11.5 Å². The number of aliphatic hydroxyl groups is 1. The quantitative estimate of drug-likeness (QED) is 0.933. The van der Waals surface area contributed by atoms with Crippen molar-refractivity contribution in [2.24, 2.45) is 0 Å². The first-order valence-electron chi connectivity index (χ1n) is 4.19. The van der Waals surface area contributed by atoms with Gasteiger partial charge in [-0.15, -0.1) is 0 Å². The second kappa shape index (κ2) is 5.43. The molecule has 0 fully saturated rings. The zero-order valence-electron chi connectivity index (χ0n) is 8.09. The van der Waals surface area contributed by atoms with Crippen molar-refractivity contribution in [3.63, 3.8) is 0 Å². The Bertz CT molecular complexity index is 488. The monoisotopic (exact) mass is 307 g/mol. The Morgan fingerprint density at radius 2 is 2.06 bits per heavy atom. The molecule has 1 aromatic rings. The number of allylic oxidation sites excluding steroid dienone is 1. The molecule has 0 saturated heterocycles. The Morgan fingerprint density at radius 1 is 1.47 bits per heavy atom. The van der Waals surface area contributed by atoms with Crippen LogP contribution in [0.3, 0.4) is 0 Å². The van der Waals surface area contributed by atoms with Crippen molar-refractivity contribution in [1.82, 2.24) is 4.57 Å². The molecule has 0 aliphatic carbocycles. The van der Waals surface area contributed by atoms with Crippen molar-refractivity contribution < 1.29 is 18.3 Å². The normalized spacial score (nSPS) is 11.6. The topological polar surface area (TPSA) is 42.2 Å². The first-order chi connectivity index (χ1) is 7.77. The van der Waals surface area contributed by atoms with Crippen LogP contribution < -0.4 is 4.87 Å². The van der Waals surface area contributed by atoms with Crippen molar-refractivity contribution in [3.8, 4) is 0 Å². The summed E-state index contributed by atoms with van der Waals surface area (Å²) in [6.07, 6.45) is -3.66. The number of halogens is 5. The van der Waals surface area contributed by atoms with Gasteiger partial charge in [-0.25, -0.2) is 0 Å². The van der Waals surface area contributed by atoms with Crippen molar-refractivity contribution in [3.05, 3.63) is 30.8 Å². The maximum atomic E-state index is 12.7. The molecule has 0 amide bonds. The van der Waals surface area contributed by atoms with E-state index in [0.29, 0.717) is 15.9 Å². The molecule has 1 aromatic heterocycles. The fraction of sp³-hybridized carbons (Fsp3) is 0.375. The molecule has 0 bridgehead atoms. The molecule has 96 valence electrons.